The smallest absolute Gasteiger partial charge is 0.408 e. The average Bonchev–Trinajstić information content (AvgIpc) is 2.00. The molecule has 0 saturated carbocycles. The van der Waals surface area contributed by atoms with Crippen LogP contribution in [0.15, 0.2) is 0 Å². The van der Waals surface area contributed by atoms with Gasteiger partial charge in [0.15, 0.2) is 0 Å². The van der Waals surface area contributed by atoms with Gasteiger partial charge >= 0.3 is 6.09 Å². The van der Waals surface area contributed by atoms with Crippen molar-refractivity contribution in [1.29, 1.82) is 0 Å². The fourth-order valence-electron chi connectivity index (χ4n) is 0.467. The number of carbonyl (C=O) groups excluding carboxylic acids is 2. The van der Waals surface area contributed by atoms with Crippen molar-refractivity contribution in [2.24, 2.45) is 0 Å². The summed E-state index contributed by atoms with van der Waals surface area (Å²) in [5.74, 6) is 0. The van der Waals surface area contributed by atoms with Gasteiger partial charge in [-0.25, -0.2) is 4.79 Å². The lowest BCUT2D eigenvalue weighted by molar-refractivity contribution is 0.0370. The van der Waals surface area contributed by atoms with Crippen LogP contribution in [-0.4, -0.2) is 24.5 Å². The molecule has 0 aromatic carbocycles. The highest BCUT2D eigenvalue weighted by Gasteiger charge is 2.19. The largest absolute Gasteiger partial charge is 0.444 e. The zero-order valence-electron chi connectivity index (χ0n) is 7.64. The van der Waals surface area contributed by atoms with Crippen LogP contribution in [0.2, 0.25) is 0 Å². The standard InChI is InChI=1S/C8H14NO3/c1-4-8(2,3)12-7(11)9-5-6-10/h4-5H2,1-3H3,(H,9,11). The SMILES string of the molecule is CCC(C)(C)OC(=O)NC[C]=O. The molecule has 0 rings (SSSR count). The van der Waals surface area contributed by atoms with Gasteiger partial charge in [0.2, 0.25) is 6.29 Å². The van der Waals surface area contributed by atoms with Crippen LogP contribution in [0.3, 0.4) is 0 Å². The van der Waals surface area contributed by atoms with E-state index < -0.39 is 11.7 Å². The molecule has 0 aromatic rings. The van der Waals surface area contributed by atoms with Crippen molar-refractivity contribution in [2.75, 3.05) is 6.54 Å². The van der Waals surface area contributed by atoms with E-state index in [0.29, 0.717) is 0 Å². The maximum absolute atomic E-state index is 10.9. The second-order valence-corrected chi connectivity index (χ2v) is 3.00. The summed E-state index contributed by atoms with van der Waals surface area (Å²) in [7, 11) is 0. The topological polar surface area (TPSA) is 55.4 Å². The first-order chi connectivity index (χ1) is 5.52. The molecule has 1 radical (unpaired) electrons. The van der Waals surface area contributed by atoms with Crippen molar-refractivity contribution in [3.05, 3.63) is 0 Å². The highest BCUT2D eigenvalue weighted by molar-refractivity contribution is 5.71. The minimum atomic E-state index is -0.579. The third-order valence-corrected chi connectivity index (χ3v) is 1.53. The number of hydrogen-bond donors (Lipinski definition) is 1. The monoisotopic (exact) mass is 172 g/mol. The Kier molecular flexibility index (Phi) is 4.33. The van der Waals surface area contributed by atoms with Crippen LogP contribution < -0.4 is 5.32 Å². The van der Waals surface area contributed by atoms with Crippen LogP contribution >= 0.6 is 0 Å². The van der Waals surface area contributed by atoms with Gasteiger partial charge in [-0.15, -0.1) is 0 Å². The van der Waals surface area contributed by atoms with Gasteiger partial charge in [-0.05, 0) is 20.3 Å². The van der Waals surface area contributed by atoms with Gasteiger partial charge in [-0.1, -0.05) is 6.92 Å². The summed E-state index contributed by atoms with van der Waals surface area (Å²) in [6, 6.07) is 0. The van der Waals surface area contributed by atoms with E-state index in [2.05, 4.69) is 5.32 Å². The molecule has 0 fully saturated rings. The van der Waals surface area contributed by atoms with Gasteiger partial charge in [0.05, 0.1) is 6.54 Å². The Morgan fingerprint density at radius 2 is 2.17 bits per heavy atom. The molecule has 0 aliphatic heterocycles. The van der Waals surface area contributed by atoms with E-state index in [1.54, 1.807) is 20.1 Å². The Morgan fingerprint density at radius 1 is 1.58 bits per heavy atom. The van der Waals surface area contributed by atoms with Crippen molar-refractivity contribution < 1.29 is 14.3 Å². The molecule has 0 aliphatic carbocycles. The molecule has 0 saturated heterocycles. The predicted octanol–water partition coefficient (Wildman–Crippen LogP) is 1.01. The first-order valence-electron chi connectivity index (χ1n) is 3.83. The van der Waals surface area contributed by atoms with Crippen molar-refractivity contribution in [2.45, 2.75) is 32.8 Å². The Labute approximate surface area is 72.3 Å². The number of ether oxygens (including phenoxy) is 1. The molecular weight excluding hydrogens is 158 g/mol. The van der Waals surface area contributed by atoms with Gasteiger partial charge < -0.3 is 10.1 Å². The van der Waals surface area contributed by atoms with Crippen LogP contribution in [0.5, 0.6) is 0 Å². The van der Waals surface area contributed by atoms with E-state index in [-0.39, 0.29) is 6.54 Å². The quantitative estimate of drug-likeness (QED) is 0.688. The molecule has 0 spiro atoms. The molecule has 0 unspecified atom stereocenters. The third kappa shape index (κ3) is 4.71. The molecule has 4 heteroatoms. The predicted molar refractivity (Wildman–Crippen MR) is 44.5 cm³/mol. The second-order valence-electron chi connectivity index (χ2n) is 3.00. The van der Waals surface area contributed by atoms with E-state index in [0.717, 1.165) is 6.42 Å². The fourth-order valence-corrected chi connectivity index (χ4v) is 0.467. The van der Waals surface area contributed by atoms with Crippen molar-refractivity contribution >= 4 is 12.4 Å². The summed E-state index contributed by atoms with van der Waals surface area (Å²) in [5, 5.41) is 2.24. The summed E-state index contributed by atoms with van der Waals surface area (Å²) in [6.07, 6.45) is 1.69. The number of nitrogens with one attached hydrogen (secondary N) is 1. The molecular formula is C8H14NO3. The zero-order valence-corrected chi connectivity index (χ0v) is 7.64. The van der Waals surface area contributed by atoms with E-state index >= 15 is 0 Å². The number of hydrogen-bond acceptors (Lipinski definition) is 3. The lowest BCUT2D eigenvalue weighted by atomic mass is 10.1. The van der Waals surface area contributed by atoms with Crippen molar-refractivity contribution in [1.82, 2.24) is 5.32 Å². The molecule has 0 aromatic heterocycles. The number of alkyl carbamates (subject to hydrolysis) is 1. The molecule has 0 aliphatic rings. The summed E-state index contributed by atoms with van der Waals surface area (Å²) in [4.78, 5) is 20.6. The number of amides is 1. The van der Waals surface area contributed by atoms with Gasteiger partial charge in [0, 0.05) is 0 Å². The molecule has 69 valence electrons. The fraction of sp³-hybridized carbons (Fsp3) is 0.750. The highest BCUT2D eigenvalue weighted by Crippen LogP contribution is 2.12. The van der Waals surface area contributed by atoms with Crippen LogP contribution in [0.1, 0.15) is 27.2 Å². The van der Waals surface area contributed by atoms with E-state index in [4.69, 9.17) is 4.74 Å². The summed E-state index contributed by atoms with van der Waals surface area (Å²) in [6.45, 7) is 5.40. The summed E-state index contributed by atoms with van der Waals surface area (Å²) < 4.78 is 4.96. The Balaban J connectivity index is 3.75. The van der Waals surface area contributed by atoms with Crippen LogP contribution in [0, 0.1) is 0 Å². The van der Waals surface area contributed by atoms with Gasteiger partial charge in [0.1, 0.15) is 5.60 Å². The number of carbonyl (C=O) groups is 1. The first kappa shape index (κ1) is 10.9. The average molecular weight is 172 g/mol. The second kappa shape index (κ2) is 4.74. The Morgan fingerprint density at radius 3 is 2.58 bits per heavy atom. The summed E-state index contributed by atoms with van der Waals surface area (Å²) in [5.41, 5.74) is -0.479. The van der Waals surface area contributed by atoms with Gasteiger partial charge in [0.25, 0.3) is 0 Å². The lowest BCUT2D eigenvalue weighted by Gasteiger charge is -2.22. The maximum atomic E-state index is 10.9. The molecule has 1 amide bonds. The van der Waals surface area contributed by atoms with Crippen LogP contribution in [-0.2, 0) is 9.53 Å². The molecule has 0 atom stereocenters. The van der Waals surface area contributed by atoms with Crippen molar-refractivity contribution in [3.63, 3.8) is 0 Å². The van der Waals surface area contributed by atoms with Crippen LogP contribution in [0.4, 0.5) is 4.79 Å². The maximum Gasteiger partial charge on any atom is 0.408 e. The van der Waals surface area contributed by atoms with E-state index in [9.17, 15) is 9.59 Å². The molecule has 12 heavy (non-hydrogen) atoms. The Hall–Kier alpha value is -1.06. The van der Waals surface area contributed by atoms with Gasteiger partial charge in [-0.2, -0.15) is 0 Å². The molecule has 1 N–H and O–H groups in total. The minimum Gasteiger partial charge on any atom is -0.444 e. The summed E-state index contributed by atoms with van der Waals surface area (Å²) >= 11 is 0. The Bertz CT molecular complexity index is 166. The van der Waals surface area contributed by atoms with Gasteiger partial charge in [-0.3, -0.25) is 4.79 Å². The highest BCUT2D eigenvalue weighted by atomic mass is 16.6. The molecule has 4 nitrogen and oxygen atoms in total. The lowest BCUT2D eigenvalue weighted by Crippen LogP contribution is -2.34. The minimum absolute atomic E-state index is 0.126. The van der Waals surface area contributed by atoms with E-state index in [1.165, 1.54) is 0 Å². The molecule has 0 heterocycles. The third-order valence-electron chi connectivity index (χ3n) is 1.53. The van der Waals surface area contributed by atoms with E-state index in [1.807, 2.05) is 6.92 Å². The van der Waals surface area contributed by atoms with Crippen molar-refractivity contribution in [3.8, 4) is 0 Å². The number of rotatable bonds is 4. The first-order valence-corrected chi connectivity index (χ1v) is 3.83. The normalized spacial score (nSPS) is 10.6. The molecule has 0 bridgehead atoms. The zero-order chi connectivity index (χ0) is 9.61. The van der Waals surface area contributed by atoms with Crippen LogP contribution in [0.25, 0.3) is 0 Å².